The lowest BCUT2D eigenvalue weighted by molar-refractivity contribution is -0.122. The fraction of sp³-hybridized carbons (Fsp3) is 0.389. The number of fused-ring (bicyclic) bond motifs is 1. The van der Waals surface area contributed by atoms with Gasteiger partial charge in [-0.1, -0.05) is 5.21 Å². The van der Waals surface area contributed by atoms with Crippen molar-refractivity contribution in [3.8, 4) is 11.3 Å². The third-order valence-electron chi connectivity index (χ3n) is 4.63. The lowest BCUT2D eigenvalue weighted by Crippen LogP contribution is -2.35. The smallest absolute Gasteiger partial charge is 0.143 e. The van der Waals surface area contributed by atoms with Gasteiger partial charge in [-0.25, -0.2) is 0 Å². The van der Waals surface area contributed by atoms with Gasteiger partial charge in [-0.05, 0) is 31.5 Å². The molecule has 0 aromatic carbocycles. The predicted molar refractivity (Wildman–Crippen MR) is 93.8 cm³/mol. The normalized spacial score (nSPS) is 17.7. The third kappa shape index (κ3) is 3.41. The zero-order valence-electron chi connectivity index (χ0n) is 14.1. The van der Waals surface area contributed by atoms with E-state index in [1.54, 1.807) is 17.1 Å². The molecule has 1 fully saturated rings. The molecule has 0 unspecified atom stereocenters. The molecular weight excluding hydrogens is 316 g/mol. The van der Waals surface area contributed by atoms with E-state index in [2.05, 4.69) is 25.6 Å². The molecule has 0 radical (unpaired) electrons. The third-order valence-corrected chi connectivity index (χ3v) is 4.63. The predicted octanol–water partition coefficient (Wildman–Crippen LogP) is 1.54. The summed E-state index contributed by atoms with van der Waals surface area (Å²) in [7, 11) is 1.83. The summed E-state index contributed by atoms with van der Waals surface area (Å²) in [5.41, 5.74) is 3.28. The van der Waals surface area contributed by atoms with Crippen molar-refractivity contribution in [3.05, 3.63) is 36.4 Å². The summed E-state index contributed by atoms with van der Waals surface area (Å²) in [6, 6.07) is 3.97. The van der Waals surface area contributed by atoms with Crippen molar-refractivity contribution in [2.45, 2.75) is 19.3 Å². The van der Waals surface area contributed by atoms with Gasteiger partial charge in [-0.15, -0.1) is 5.10 Å². The van der Waals surface area contributed by atoms with Gasteiger partial charge in [0.15, 0.2) is 0 Å². The maximum absolute atomic E-state index is 12.5. The number of aromatic nitrogens is 5. The van der Waals surface area contributed by atoms with Gasteiger partial charge in [0.05, 0.1) is 17.9 Å². The second-order valence-electron chi connectivity index (χ2n) is 6.56. The molecule has 7 heteroatoms. The molecular formula is C18H20N6O. The van der Waals surface area contributed by atoms with Crippen LogP contribution < -0.4 is 5.32 Å². The van der Waals surface area contributed by atoms with E-state index in [-0.39, 0.29) is 11.7 Å². The van der Waals surface area contributed by atoms with E-state index >= 15 is 0 Å². The van der Waals surface area contributed by atoms with Crippen molar-refractivity contribution in [1.29, 1.82) is 0 Å². The standard InChI is InChI=1S/C18H20N6O/c1-24-11-17(22-23-24)14-5-13-6-15(20-10-16(13)21-9-14)7-18(25)12-3-2-4-19-8-12/h5-6,9-12,19H,2-4,7-8H2,1H3/t12-/m1/s1. The van der Waals surface area contributed by atoms with Crippen molar-refractivity contribution in [2.24, 2.45) is 13.0 Å². The summed E-state index contributed by atoms with van der Waals surface area (Å²) < 4.78 is 1.66. The number of hydrogen-bond donors (Lipinski definition) is 1. The molecule has 1 aliphatic rings. The molecule has 1 atom stereocenters. The van der Waals surface area contributed by atoms with E-state index in [1.807, 2.05) is 25.4 Å². The van der Waals surface area contributed by atoms with Crippen LogP contribution >= 0.6 is 0 Å². The van der Waals surface area contributed by atoms with E-state index in [4.69, 9.17) is 0 Å². The van der Waals surface area contributed by atoms with Crippen LogP contribution in [-0.2, 0) is 18.3 Å². The molecule has 1 saturated heterocycles. The Labute approximate surface area is 145 Å². The minimum atomic E-state index is 0.107. The van der Waals surface area contributed by atoms with Gasteiger partial charge in [0.2, 0.25) is 0 Å². The van der Waals surface area contributed by atoms with Crippen LogP contribution in [0.15, 0.2) is 30.7 Å². The van der Waals surface area contributed by atoms with Crippen LogP contribution in [0.4, 0.5) is 0 Å². The van der Waals surface area contributed by atoms with Crippen LogP contribution in [0.1, 0.15) is 18.5 Å². The van der Waals surface area contributed by atoms with Crippen LogP contribution in [-0.4, -0.2) is 43.8 Å². The first kappa shape index (κ1) is 15.8. The summed E-state index contributed by atoms with van der Waals surface area (Å²) in [5, 5.41) is 12.3. The Bertz CT molecular complexity index is 913. The van der Waals surface area contributed by atoms with Crippen LogP contribution in [0.5, 0.6) is 0 Å². The first-order valence-corrected chi connectivity index (χ1v) is 8.54. The van der Waals surface area contributed by atoms with Gasteiger partial charge in [0, 0.05) is 48.8 Å². The van der Waals surface area contributed by atoms with E-state index in [0.717, 1.165) is 53.8 Å². The number of pyridine rings is 2. The van der Waals surface area contributed by atoms with Crippen molar-refractivity contribution in [2.75, 3.05) is 13.1 Å². The van der Waals surface area contributed by atoms with Crippen LogP contribution in [0.3, 0.4) is 0 Å². The lowest BCUT2D eigenvalue weighted by Gasteiger charge is -2.21. The summed E-state index contributed by atoms with van der Waals surface area (Å²) in [6.45, 7) is 1.79. The Morgan fingerprint density at radius 2 is 2.24 bits per heavy atom. The topological polar surface area (TPSA) is 85.6 Å². The van der Waals surface area contributed by atoms with Crippen molar-refractivity contribution in [3.63, 3.8) is 0 Å². The number of Topliss-reactive ketones (excluding diaryl/α,β-unsaturated/α-hetero) is 1. The largest absolute Gasteiger partial charge is 0.316 e. The SMILES string of the molecule is Cn1cc(-c2cnc3cnc(CC(=O)[C@@H]4CCCNC4)cc3c2)nn1. The molecule has 3 aromatic rings. The molecule has 128 valence electrons. The Hall–Kier alpha value is -2.67. The Balaban J connectivity index is 1.59. The lowest BCUT2D eigenvalue weighted by atomic mass is 9.92. The molecule has 7 nitrogen and oxygen atoms in total. The summed E-state index contributed by atoms with van der Waals surface area (Å²) >= 11 is 0. The van der Waals surface area contributed by atoms with Crippen molar-refractivity contribution >= 4 is 16.7 Å². The maximum atomic E-state index is 12.5. The molecule has 3 aromatic heterocycles. The molecule has 0 saturated carbocycles. The fourth-order valence-corrected chi connectivity index (χ4v) is 3.24. The maximum Gasteiger partial charge on any atom is 0.143 e. The Kier molecular flexibility index (Phi) is 4.23. The van der Waals surface area contributed by atoms with Gasteiger partial charge in [-0.2, -0.15) is 0 Å². The highest BCUT2D eigenvalue weighted by Crippen LogP contribution is 2.21. The number of aryl methyl sites for hydroxylation is 1. The number of piperidine rings is 1. The molecule has 4 rings (SSSR count). The van der Waals surface area contributed by atoms with E-state index in [1.165, 1.54) is 0 Å². The van der Waals surface area contributed by atoms with E-state index < -0.39 is 0 Å². The summed E-state index contributed by atoms with van der Waals surface area (Å²) in [5.74, 6) is 0.368. The Morgan fingerprint density at radius 3 is 3.00 bits per heavy atom. The highest BCUT2D eigenvalue weighted by Gasteiger charge is 2.21. The second kappa shape index (κ2) is 6.68. The van der Waals surface area contributed by atoms with Crippen LogP contribution in [0.2, 0.25) is 0 Å². The van der Waals surface area contributed by atoms with Crippen LogP contribution in [0.25, 0.3) is 22.2 Å². The van der Waals surface area contributed by atoms with Gasteiger partial charge >= 0.3 is 0 Å². The first-order valence-electron chi connectivity index (χ1n) is 8.54. The number of rotatable bonds is 4. The van der Waals surface area contributed by atoms with Gasteiger partial charge in [-0.3, -0.25) is 19.4 Å². The van der Waals surface area contributed by atoms with E-state index in [9.17, 15) is 4.79 Å². The number of carbonyl (C=O) groups is 1. The zero-order valence-corrected chi connectivity index (χ0v) is 14.1. The Morgan fingerprint density at radius 1 is 1.32 bits per heavy atom. The summed E-state index contributed by atoms with van der Waals surface area (Å²) in [4.78, 5) is 21.3. The fourth-order valence-electron chi connectivity index (χ4n) is 3.24. The molecule has 0 bridgehead atoms. The van der Waals surface area contributed by atoms with Gasteiger partial charge < -0.3 is 5.32 Å². The van der Waals surface area contributed by atoms with Crippen molar-refractivity contribution < 1.29 is 4.79 Å². The molecule has 4 heterocycles. The molecule has 1 aliphatic heterocycles. The first-order chi connectivity index (χ1) is 12.2. The molecule has 25 heavy (non-hydrogen) atoms. The number of ketones is 1. The minimum absolute atomic E-state index is 0.107. The monoisotopic (exact) mass is 336 g/mol. The number of nitrogens with one attached hydrogen (secondary N) is 1. The number of hydrogen-bond acceptors (Lipinski definition) is 6. The highest BCUT2D eigenvalue weighted by atomic mass is 16.1. The average Bonchev–Trinajstić information content (AvgIpc) is 3.08. The molecule has 0 amide bonds. The summed E-state index contributed by atoms with van der Waals surface area (Å²) in [6.07, 6.45) is 7.76. The molecule has 0 aliphatic carbocycles. The second-order valence-corrected chi connectivity index (χ2v) is 6.56. The average molecular weight is 336 g/mol. The van der Waals surface area contributed by atoms with E-state index in [0.29, 0.717) is 6.42 Å². The van der Waals surface area contributed by atoms with Crippen molar-refractivity contribution in [1.82, 2.24) is 30.3 Å². The quantitative estimate of drug-likeness (QED) is 0.778. The number of nitrogens with zero attached hydrogens (tertiary/aromatic N) is 5. The van der Waals surface area contributed by atoms with Crippen LogP contribution in [0, 0.1) is 5.92 Å². The minimum Gasteiger partial charge on any atom is -0.316 e. The number of carbonyl (C=O) groups excluding carboxylic acids is 1. The molecule has 0 spiro atoms. The zero-order chi connectivity index (χ0) is 17.2. The van der Waals surface area contributed by atoms with Gasteiger partial charge in [0.25, 0.3) is 0 Å². The highest BCUT2D eigenvalue weighted by molar-refractivity contribution is 5.86. The van der Waals surface area contributed by atoms with Gasteiger partial charge in [0.1, 0.15) is 11.5 Å². The molecule has 1 N–H and O–H groups in total.